The first kappa shape index (κ1) is 32.8. The van der Waals surface area contributed by atoms with E-state index in [0.717, 1.165) is 50.3 Å². The lowest BCUT2D eigenvalue weighted by atomic mass is 10.1. The van der Waals surface area contributed by atoms with Gasteiger partial charge in [-0.3, -0.25) is 40.5 Å². The summed E-state index contributed by atoms with van der Waals surface area (Å²) < 4.78 is 1.79. The van der Waals surface area contributed by atoms with E-state index in [1.54, 1.807) is 48.5 Å². The van der Waals surface area contributed by atoms with Crippen molar-refractivity contribution in [3.63, 3.8) is 0 Å². The predicted molar refractivity (Wildman–Crippen MR) is 193 cm³/mol. The largest absolute Gasteiger partial charge is 0.269 e. The van der Waals surface area contributed by atoms with Crippen LogP contribution in [0.5, 0.6) is 0 Å². The molecule has 4 aromatic rings. The highest BCUT2D eigenvalue weighted by molar-refractivity contribution is 8.35. The molecule has 0 bridgehead atoms. The van der Waals surface area contributed by atoms with Crippen molar-refractivity contribution in [3.05, 3.63) is 180 Å². The summed E-state index contributed by atoms with van der Waals surface area (Å²) in [5.74, 6) is 0. The Bertz CT molecular complexity index is 1820. The van der Waals surface area contributed by atoms with Crippen LogP contribution in [0.4, 0.5) is 22.7 Å². The first-order chi connectivity index (χ1) is 23.1. The fourth-order valence-corrected chi connectivity index (χ4v) is 9.64. The Morgan fingerprint density at radius 1 is 0.354 bits per heavy atom. The Morgan fingerprint density at radius 3 is 0.708 bits per heavy atom. The zero-order valence-electron chi connectivity index (χ0n) is 24.1. The van der Waals surface area contributed by atoms with Gasteiger partial charge in [-0.2, -0.15) is 0 Å². The normalized spacial score (nSPS) is 14.3. The van der Waals surface area contributed by atoms with E-state index in [2.05, 4.69) is 0 Å². The van der Waals surface area contributed by atoms with E-state index in [1.807, 2.05) is 12.2 Å². The first-order valence-corrected chi connectivity index (χ1v) is 17.0. The minimum absolute atomic E-state index is 0.0391. The van der Waals surface area contributed by atoms with E-state index < -0.39 is 19.7 Å². The van der Waals surface area contributed by atoms with Crippen molar-refractivity contribution >= 4 is 89.4 Å². The molecule has 0 saturated heterocycles. The predicted octanol–water partition coefficient (Wildman–Crippen LogP) is 10.3. The number of nitro groups is 4. The molecule has 16 heteroatoms. The first-order valence-electron chi connectivity index (χ1n) is 13.7. The SMILES string of the molecule is O=[N+]([O-])c1ccc(C2=C(c3ccc([N+](=O)[O-])cc3)SC(=CC=C3SC(c4ccc([N+](=O)[O-])cc4)=C(c4ccc([N+](=O)[O-])cc4)S3)S2)cc1. The van der Waals surface area contributed by atoms with E-state index in [4.69, 9.17) is 0 Å². The molecule has 4 aromatic carbocycles. The highest BCUT2D eigenvalue weighted by Crippen LogP contribution is 2.60. The van der Waals surface area contributed by atoms with Gasteiger partial charge in [-0.25, -0.2) is 0 Å². The molecule has 6 rings (SSSR count). The summed E-state index contributed by atoms with van der Waals surface area (Å²) in [4.78, 5) is 46.4. The van der Waals surface area contributed by atoms with Crippen molar-refractivity contribution in [2.45, 2.75) is 0 Å². The molecule has 0 amide bonds. The molecule has 0 aliphatic carbocycles. The van der Waals surface area contributed by atoms with Gasteiger partial charge in [-0.05, 0) is 82.9 Å². The Kier molecular flexibility index (Phi) is 9.49. The van der Waals surface area contributed by atoms with Gasteiger partial charge in [0.2, 0.25) is 0 Å². The smallest absolute Gasteiger partial charge is 0.258 e. The summed E-state index contributed by atoms with van der Waals surface area (Å²) in [6.45, 7) is 0. The van der Waals surface area contributed by atoms with Crippen molar-refractivity contribution in [3.8, 4) is 0 Å². The molecule has 2 aliphatic heterocycles. The van der Waals surface area contributed by atoms with E-state index in [-0.39, 0.29) is 22.7 Å². The van der Waals surface area contributed by atoms with Gasteiger partial charge < -0.3 is 0 Å². The Balaban J connectivity index is 1.32. The van der Waals surface area contributed by atoms with Crippen LogP contribution in [-0.4, -0.2) is 19.7 Å². The molecule has 0 unspecified atom stereocenters. The maximum absolute atomic E-state index is 11.2. The molecule has 2 heterocycles. The summed E-state index contributed by atoms with van der Waals surface area (Å²) in [5.41, 5.74) is 2.88. The van der Waals surface area contributed by atoms with Gasteiger partial charge in [0.15, 0.2) is 0 Å². The van der Waals surface area contributed by atoms with Crippen LogP contribution in [0.15, 0.2) is 118 Å². The highest BCUT2D eigenvalue weighted by atomic mass is 32.2. The molecular weight excluding hydrogens is 697 g/mol. The van der Waals surface area contributed by atoms with E-state index in [0.29, 0.717) is 0 Å². The quantitative estimate of drug-likeness (QED) is 0.119. The number of nitro benzene ring substituents is 4. The molecule has 0 radical (unpaired) electrons. The molecule has 0 atom stereocenters. The fourth-order valence-electron chi connectivity index (χ4n) is 4.60. The van der Waals surface area contributed by atoms with Crippen LogP contribution in [0, 0.1) is 40.5 Å². The highest BCUT2D eigenvalue weighted by Gasteiger charge is 2.27. The third-order valence-electron chi connectivity index (χ3n) is 6.94. The maximum atomic E-state index is 11.2. The van der Waals surface area contributed by atoms with Crippen LogP contribution < -0.4 is 0 Å². The van der Waals surface area contributed by atoms with E-state index >= 15 is 0 Å². The number of hydrogen-bond acceptors (Lipinski definition) is 12. The van der Waals surface area contributed by atoms with Crippen LogP contribution in [0.25, 0.3) is 19.6 Å². The number of allylic oxidation sites excluding steroid dienone is 2. The molecule has 12 nitrogen and oxygen atoms in total. The molecule has 0 aromatic heterocycles. The lowest BCUT2D eigenvalue weighted by Crippen LogP contribution is -1.89. The molecule has 0 saturated carbocycles. The molecule has 238 valence electrons. The van der Waals surface area contributed by atoms with Gasteiger partial charge in [0.1, 0.15) is 0 Å². The van der Waals surface area contributed by atoms with Crippen LogP contribution in [0.1, 0.15) is 22.3 Å². The zero-order chi connectivity index (χ0) is 33.9. The van der Waals surface area contributed by atoms with Gasteiger partial charge in [0.05, 0.1) is 28.2 Å². The van der Waals surface area contributed by atoms with Gasteiger partial charge in [0, 0.05) is 68.2 Å². The molecule has 48 heavy (non-hydrogen) atoms. The Hall–Kier alpha value is -5.16. The van der Waals surface area contributed by atoms with Gasteiger partial charge >= 0.3 is 0 Å². The molecule has 0 N–H and O–H groups in total. The summed E-state index contributed by atoms with van der Waals surface area (Å²) in [6.07, 6.45) is 3.89. The zero-order valence-corrected chi connectivity index (χ0v) is 27.3. The summed E-state index contributed by atoms with van der Waals surface area (Å²) in [6, 6.07) is 24.8. The van der Waals surface area contributed by atoms with Crippen molar-refractivity contribution in [1.29, 1.82) is 0 Å². The van der Waals surface area contributed by atoms with Crippen molar-refractivity contribution in [2.75, 3.05) is 0 Å². The van der Waals surface area contributed by atoms with Gasteiger partial charge in [-0.15, -0.1) is 0 Å². The second-order valence-electron chi connectivity index (χ2n) is 9.91. The summed E-state index contributed by atoms with van der Waals surface area (Å²) >= 11 is 5.89. The molecule has 0 spiro atoms. The second-order valence-corrected chi connectivity index (χ2v) is 14.6. The number of non-ortho nitro benzene ring substituents is 4. The van der Waals surface area contributed by atoms with E-state index in [1.165, 1.54) is 95.6 Å². The number of hydrogen-bond donors (Lipinski definition) is 0. The summed E-state index contributed by atoms with van der Waals surface area (Å²) in [7, 11) is 0. The van der Waals surface area contributed by atoms with E-state index in [9.17, 15) is 40.5 Å². The summed E-state index contributed by atoms with van der Waals surface area (Å²) in [5, 5.41) is 44.9. The van der Waals surface area contributed by atoms with Crippen molar-refractivity contribution in [1.82, 2.24) is 0 Å². The number of benzene rings is 4. The second kappa shape index (κ2) is 13.9. The third kappa shape index (κ3) is 7.06. The van der Waals surface area contributed by atoms with Crippen LogP contribution in [0.2, 0.25) is 0 Å². The lowest BCUT2D eigenvalue weighted by Gasteiger charge is -2.06. The minimum atomic E-state index is -0.468. The standard InChI is InChI=1S/C32H18N4O8S4/c37-33(38)23-9-1-19(2-10-23)29-30(20-3-11-24(12-4-20)34(39)40)46-27(45-29)17-18-28-47-31(21-5-13-25(14-6-21)35(41)42)32(48-28)22-7-15-26(16-8-22)36(43)44/h1-18H. The number of rotatable bonds is 9. The fraction of sp³-hybridized carbons (Fsp3) is 0. The molecule has 0 fully saturated rings. The van der Waals surface area contributed by atoms with Crippen molar-refractivity contribution < 1.29 is 19.7 Å². The third-order valence-corrected chi connectivity index (χ3v) is 12.1. The topological polar surface area (TPSA) is 173 Å². The van der Waals surface area contributed by atoms with Crippen LogP contribution in [0.3, 0.4) is 0 Å². The molecular formula is C32H18N4O8S4. The monoisotopic (exact) mass is 714 g/mol. The van der Waals surface area contributed by atoms with Crippen molar-refractivity contribution in [2.24, 2.45) is 0 Å². The maximum Gasteiger partial charge on any atom is 0.269 e. The molecule has 2 aliphatic rings. The van der Waals surface area contributed by atoms with Gasteiger partial charge in [-0.1, -0.05) is 47.0 Å². The van der Waals surface area contributed by atoms with Gasteiger partial charge in [0.25, 0.3) is 22.7 Å². The lowest BCUT2D eigenvalue weighted by molar-refractivity contribution is -0.385. The average Bonchev–Trinajstić information content (AvgIpc) is 3.72. The minimum Gasteiger partial charge on any atom is -0.258 e. The van der Waals surface area contributed by atoms with Crippen LogP contribution in [-0.2, 0) is 0 Å². The van der Waals surface area contributed by atoms with Crippen LogP contribution >= 0.6 is 47.0 Å². The Labute approximate surface area is 288 Å². The average molecular weight is 715 g/mol. The number of nitrogens with zero attached hydrogens (tertiary/aromatic N) is 4. The number of thioether (sulfide) groups is 4. The Morgan fingerprint density at radius 2 is 0.542 bits per heavy atom.